The zero-order chi connectivity index (χ0) is 13.7. The van der Waals surface area contributed by atoms with E-state index in [4.69, 9.17) is 0 Å². The first-order valence-electron chi connectivity index (χ1n) is 6.84. The van der Waals surface area contributed by atoms with Crippen LogP contribution in [0.25, 0.3) is 0 Å². The monoisotopic (exact) mass is 324 g/mol. The number of nitrogens with zero attached hydrogens (tertiary/aromatic N) is 1. The van der Waals surface area contributed by atoms with Gasteiger partial charge in [0, 0.05) is 24.5 Å². The van der Waals surface area contributed by atoms with Crippen LogP contribution in [0.2, 0.25) is 0 Å². The van der Waals surface area contributed by atoms with Gasteiger partial charge in [-0.1, -0.05) is 28.1 Å². The quantitative estimate of drug-likeness (QED) is 0.923. The molecule has 3 nitrogen and oxygen atoms in total. The van der Waals surface area contributed by atoms with Crippen molar-refractivity contribution in [3.05, 3.63) is 34.3 Å². The highest BCUT2D eigenvalue weighted by molar-refractivity contribution is 9.10. The molecule has 4 heteroatoms. The standard InChI is InChI=1S/C15H21BrN2O/c1-18(11-12-4-6-14(16)7-5-12)15(19)9-13-3-2-8-17-10-13/h4-7,13,17H,2-3,8-11H2,1H3. The first-order valence-corrected chi connectivity index (χ1v) is 7.63. The Labute approximate surface area is 123 Å². The molecule has 1 unspecified atom stereocenters. The first kappa shape index (κ1) is 14.5. The second kappa shape index (κ2) is 7.06. The molecule has 1 saturated heterocycles. The molecule has 0 radical (unpaired) electrons. The fourth-order valence-corrected chi connectivity index (χ4v) is 2.72. The Balaban J connectivity index is 1.83. The molecule has 1 N–H and O–H groups in total. The molecule has 19 heavy (non-hydrogen) atoms. The van der Waals surface area contributed by atoms with Crippen molar-refractivity contribution in [1.82, 2.24) is 10.2 Å². The second-order valence-electron chi connectivity index (χ2n) is 5.29. The number of rotatable bonds is 4. The lowest BCUT2D eigenvalue weighted by molar-refractivity contribution is -0.131. The number of carbonyl (C=O) groups is 1. The number of hydrogen-bond donors (Lipinski definition) is 1. The van der Waals surface area contributed by atoms with Crippen LogP contribution >= 0.6 is 15.9 Å². The fourth-order valence-electron chi connectivity index (χ4n) is 2.45. The van der Waals surface area contributed by atoms with Crippen LogP contribution in [0, 0.1) is 5.92 Å². The molecule has 1 aliphatic rings. The first-order chi connectivity index (χ1) is 9.15. The molecule has 1 aliphatic heterocycles. The second-order valence-corrected chi connectivity index (χ2v) is 6.21. The summed E-state index contributed by atoms with van der Waals surface area (Å²) in [5, 5.41) is 3.36. The molecule has 1 atom stereocenters. The molecule has 2 rings (SSSR count). The molecule has 0 saturated carbocycles. The van der Waals surface area contributed by atoms with Crippen LogP contribution in [0.1, 0.15) is 24.8 Å². The van der Waals surface area contributed by atoms with Crippen molar-refractivity contribution in [1.29, 1.82) is 0 Å². The number of amides is 1. The van der Waals surface area contributed by atoms with Crippen molar-refractivity contribution in [2.75, 3.05) is 20.1 Å². The summed E-state index contributed by atoms with van der Waals surface area (Å²) < 4.78 is 1.07. The largest absolute Gasteiger partial charge is 0.341 e. The molecule has 0 bridgehead atoms. The molecule has 1 aromatic rings. The Morgan fingerprint density at radius 2 is 2.16 bits per heavy atom. The van der Waals surface area contributed by atoms with E-state index in [1.807, 2.05) is 24.1 Å². The van der Waals surface area contributed by atoms with E-state index in [1.54, 1.807) is 0 Å². The van der Waals surface area contributed by atoms with E-state index in [0.717, 1.165) is 17.6 Å². The summed E-state index contributed by atoms with van der Waals surface area (Å²) in [6, 6.07) is 8.13. The highest BCUT2D eigenvalue weighted by Gasteiger charge is 2.19. The minimum Gasteiger partial charge on any atom is -0.341 e. The SMILES string of the molecule is CN(Cc1ccc(Br)cc1)C(=O)CC1CCCNC1. The van der Waals surface area contributed by atoms with Crippen molar-refractivity contribution in [2.45, 2.75) is 25.8 Å². The van der Waals surface area contributed by atoms with E-state index in [1.165, 1.54) is 18.4 Å². The summed E-state index contributed by atoms with van der Waals surface area (Å²) in [5.74, 6) is 0.755. The number of nitrogens with one attached hydrogen (secondary N) is 1. The molecule has 0 spiro atoms. The summed E-state index contributed by atoms with van der Waals surface area (Å²) >= 11 is 3.42. The molecule has 1 heterocycles. The highest BCUT2D eigenvalue weighted by atomic mass is 79.9. The van der Waals surface area contributed by atoms with Crippen molar-refractivity contribution in [3.8, 4) is 0 Å². The lowest BCUT2D eigenvalue weighted by Crippen LogP contribution is -2.34. The van der Waals surface area contributed by atoms with Crippen LogP contribution in [-0.2, 0) is 11.3 Å². The van der Waals surface area contributed by atoms with Crippen molar-refractivity contribution < 1.29 is 4.79 Å². The van der Waals surface area contributed by atoms with Gasteiger partial charge >= 0.3 is 0 Å². The zero-order valence-electron chi connectivity index (χ0n) is 11.4. The van der Waals surface area contributed by atoms with Gasteiger partial charge in [-0.25, -0.2) is 0 Å². The van der Waals surface area contributed by atoms with Gasteiger partial charge in [0.1, 0.15) is 0 Å². The molecule has 0 aliphatic carbocycles. The van der Waals surface area contributed by atoms with E-state index in [-0.39, 0.29) is 5.91 Å². The number of hydrogen-bond acceptors (Lipinski definition) is 2. The Morgan fingerprint density at radius 3 is 2.79 bits per heavy atom. The van der Waals surface area contributed by atoms with E-state index < -0.39 is 0 Å². The Kier molecular flexibility index (Phi) is 5.40. The summed E-state index contributed by atoms with van der Waals surface area (Å²) in [6.45, 7) is 2.77. The van der Waals surface area contributed by atoms with Gasteiger partial charge in [0.25, 0.3) is 0 Å². The Bertz CT molecular complexity index is 413. The predicted molar refractivity (Wildman–Crippen MR) is 80.8 cm³/mol. The molecule has 1 amide bonds. The van der Waals surface area contributed by atoms with E-state index in [9.17, 15) is 4.79 Å². The average Bonchev–Trinajstić information content (AvgIpc) is 2.42. The predicted octanol–water partition coefficient (Wildman–Crippen LogP) is 2.80. The molecular weight excluding hydrogens is 304 g/mol. The van der Waals surface area contributed by atoms with Crippen LogP contribution in [-0.4, -0.2) is 30.9 Å². The van der Waals surface area contributed by atoms with Crippen molar-refractivity contribution in [3.63, 3.8) is 0 Å². The van der Waals surface area contributed by atoms with Gasteiger partial charge in [-0.05, 0) is 49.5 Å². The highest BCUT2D eigenvalue weighted by Crippen LogP contribution is 2.16. The third-order valence-electron chi connectivity index (χ3n) is 3.62. The van der Waals surface area contributed by atoms with Gasteiger partial charge in [0.05, 0.1) is 0 Å². The van der Waals surface area contributed by atoms with E-state index in [2.05, 4.69) is 33.4 Å². The summed E-state index contributed by atoms with van der Waals surface area (Å²) in [6.07, 6.45) is 3.03. The maximum absolute atomic E-state index is 12.2. The zero-order valence-corrected chi connectivity index (χ0v) is 12.9. The maximum atomic E-state index is 12.2. The number of benzene rings is 1. The smallest absolute Gasteiger partial charge is 0.222 e. The maximum Gasteiger partial charge on any atom is 0.222 e. The molecule has 0 aromatic heterocycles. The number of halogens is 1. The van der Waals surface area contributed by atoms with Gasteiger partial charge < -0.3 is 10.2 Å². The molecular formula is C15H21BrN2O. The van der Waals surface area contributed by atoms with E-state index >= 15 is 0 Å². The van der Waals surface area contributed by atoms with Gasteiger partial charge in [-0.2, -0.15) is 0 Å². The molecule has 1 fully saturated rings. The topological polar surface area (TPSA) is 32.3 Å². The Morgan fingerprint density at radius 1 is 1.42 bits per heavy atom. The van der Waals surface area contributed by atoms with E-state index in [0.29, 0.717) is 18.9 Å². The lowest BCUT2D eigenvalue weighted by Gasteiger charge is -2.25. The summed E-state index contributed by atoms with van der Waals surface area (Å²) in [5.41, 5.74) is 1.17. The van der Waals surface area contributed by atoms with Crippen molar-refractivity contribution in [2.24, 2.45) is 5.92 Å². The fraction of sp³-hybridized carbons (Fsp3) is 0.533. The number of piperidine rings is 1. The third-order valence-corrected chi connectivity index (χ3v) is 4.15. The van der Waals surface area contributed by atoms with Crippen molar-refractivity contribution >= 4 is 21.8 Å². The lowest BCUT2D eigenvalue weighted by atomic mass is 9.95. The molecule has 1 aromatic carbocycles. The average molecular weight is 325 g/mol. The van der Waals surface area contributed by atoms with Crippen LogP contribution in [0.4, 0.5) is 0 Å². The summed E-state index contributed by atoms with van der Waals surface area (Å²) in [7, 11) is 1.89. The normalized spacial score (nSPS) is 19.2. The third kappa shape index (κ3) is 4.62. The Hall–Kier alpha value is -0.870. The van der Waals surface area contributed by atoms with Gasteiger partial charge in [0.2, 0.25) is 5.91 Å². The van der Waals surface area contributed by atoms with Gasteiger partial charge in [0.15, 0.2) is 0 Å². The van der Waals surface area contributed by atoms with Crippen LogP contribution in [0.5, 0.6) is 0 Å². The van der Waals surface area contributed by atoms with Crippen LogP contribution < -0.4 is 5.32 Å². The number of carbonyl (C=O) groups excluding carboxylic acids is 1. The van der Waals surface area contributed by atoms with Crippen LogP contribution in [0.15, 0.2) is 28.7 Å². The minimum atomic E-state index is 0.247. The van der Waals surface area contributed by atoms with Crippen LogP contribution in [0.3, 0.4) is 0 Å². The summed E-state index contributed by atoms with van der Waals surface area (Å²) in [4.78, 5) is 14.0. The molecule has 104 valence electrons. The van der Waals surface area contributed by atoms with Gasteiger partial charge in [-0.15, -0.1) is 0 Å². The minimum absolute atomic E-state index is 0.247. The van der Waals surface area contributed by atoms with Gasteiger partial charge in [-0.3, -0.25) is 4.79 Å².